The van der Waals surface area contributed by atoms with Crippen molar-refractivity contribution in [3.05, 3.63) is 160 Å². The summed E-state index contributed by atoms with van der Waals surface area (Å²) in [6.07, 6.45) is 3.51. The van der Waals surface area contributed by atoms with Crippen molar-refractivity contribution in [1.82, 2.24) is 0 Å². The molecule has 2 aliphatic heterocycles. The zero-order chi connectivity index (χ0) is 46.9. The molecule has 2 aliphatic carbocycles. The molecule has 12 rings (SSSR count). The molecule has 0 spiro atoms. The Morgan fingerprint density at radius 1 is 0.493 bits per heavy atom. The molecule has 0 saturated heterocycles. The van der Waals surface area contributed by atoms with E-state index < -0.39 is 0 Å². The number of benzene rings is 7. The van der Waals surface area contributed by atoms with Crippen molar-refractivity contribution in [2.45, 2.75) is 136 Å². The Balaban J connectivity index is 1.23. The summed E-state index contributed by atoms with van der Waals surface area (Å²) in [5.41, 5.74) is 24.7. The lowest BCUT2D eigenvalue weighted by Gasteiger charge is -2.47. The Hall–Kier alpha value is -5.58. The Morgan fingerprint density at radius 2 is 1.06 bits per heavy atom. The van der Waals surface area contributed by atoms with E-state index in [1.807, 2.05) is 11.3 Å². The molecule has 0 unspecified atom stereocenters. The smallest absolute Gasteiger partial charge is 0.252 e. The van der Waals surface area contributed by atoms with Crippen molar-refractivity contribution >= 4 is 88.7 Å². The van der Waals surface area contributed by atoms with Gasteiger partial charge in [-0.25, -0.2) is 0 Å². The van der Waals surface area contributed by atoms with Gasteiger partial charge < -0.3 is 9.80 Å². The fraction of sp³-hybridized carbons (Fsp3) is 0.333. The minimum atomic E-state index is -0.0133. The van der Waals surface area contributed by atoms with E-state index in [1.54, 1.807) is 0 Å². The molecule has 4 heteroatoms. The predicted octanol–water partition coefficient (Wildman–Crippen LogP) is 16.0. The van der Waals surface area contributed by atoms with Crippen LogP contribution >= 0.6 is 11.3 Å². The predicted molar refractivity (Wildman–Crippen MR) is 293 cm³/mol. The fourth-order valence-electron chi connectivity index (χ4n) is 13.3. The molecule has 0 radical (unpaired) electrons. The highest BCUT2D eigenvalue weighted by atomic mass is 32.1. The molecule has 4 aliphatic rings. The SMILES string of the molecule is Cc1cc2c3c(c1)N(c1ccc(C(C)(C)C)cc1-c1ccccc1)c1cc4c(cc1B3c1cc3c(cc1N2c1cc2c(cc1C)C(C)(C)CCC2(C)C)C(C)(C)CC3(C)C)sc1ccccc14. The molecular formula is C63H65BN2S. The molecule has 0 saturated carbocycles. The molecule has 0 atom stereocenters. The van der Waals surface area contributed by atoms with Crippen LogP contribution in [0, 0.1) is 13.8 Å². The number of rotatable bonds is 3. The molecule has 0 fully saturated rings. The third kappa shape index (κ3) is 6.27. The number of nitrogens with zero attached hydrogens (tertiary/aromatic N) is 2. The first-order valence-electron chi connectivity index (χ1n) is 24.9. The van der Waals surface area contributed by atoms with E-state index in [0.29, 0.717) is 0 Å². The van der Waals surface area contributed by atoms with Crippen molar-refractivity contribution in [1.29, 1.82) is 0 Å². The zero-order valence-electron chi connectivity index (χ0n) is 42.0. The third-order valence-corrected chi connectivity index (χ3v) is 17.9. The minimum Gasteiger partial charge on any atom is -0.311 e. The van der Waals surface area contributed by atoms with Crippen molar-refractivity contribution in [2.24, 2.45) is 0 Å². The Morgan fingerprint density at radius 3 is 1.75 bits per heavy atom. The van der Waals surface area contributed by atoms with Crippen molar-refractivity contribution in [3.8, 4) is 11.1 Å². The highest BCUT2D eigenvalue weighted by Crippen LogP contribution is 2.55. The van der Waals surface area contributed by atoms with Gasteiger partial charge in [-0.05, 0) is 176 Å². The van der Waals surface area contributed by atoms with Crippen LogP contribution in [0.25, 0.3) is 31.3 Å². The van der Waals surface area contributed by atoms with Gasteiger partial charge in [-0.3, -0.25) is 0 Å². The number of fused-ring (bicyclic) bond motifs is 9. The van der Waals surface area contributed by atoms with E-state index in [9.17, 15) is 0 Å². The Bertz CT molecular complexity index is 3410. The summed E-state index contributed by atoms with van der Waals surface area (Å²) in [4.78, 5) is 5.40. The van der Waals surface area contributed by atoms with Crippen LogP contribution in [0.2, 0.25) is 0 Å². The summed E-state index contributed by atoms with van der Waals surface area (Å²) in [5, 5.41) is 2.66. The summed E-state index contributed by atoms with van der Waals surface area (Å²) in [7, 11) is 0. The fourth-order valence-corrected chi connectivity index (χ4v) is 14.5. The van der Waals surface area contributed by atoms with Crippen LogP contribution in [0.4, 0.5) is 34.1 Å². The number of thiophene rings is 1. The van der Waals surface area contributed by atoms with Crippen LogP contribution in [0.5, 0.6) is 0 Å². The van der Waals surface area contributed by atoms with Crippen molar-refractivity contribution < 1.29 is 0 Å². The molecule has 67 heavy (non-hydrogen) atoms. The lowest BCUT2D eigenvalue weighted by molar-refractivity contribution is 0.332. The molecule has 2 nitrogen and oxygen atoms in total. The zero-order valence-corrected chi connectivity index (χ0v) is 42.9. The molecule has 0 N–H and O–H groups in total. The van der Waals surface area contributed by atoms with Crippen LogP contribution in [-0.4, -0.2) is 6.71 Å². The molecule has 8 aromatic rings. The lowest BCUT2D eigenvalue weighted by Crippen LogP contribution is -2.61. The van der Waals surface area contributed by atoms with E-state index in [4.69, 9.17) is 0 Å². The maximum absolute atomic E-state index is 2.73. The summed E-state index contributed by atoms with van der Waals surface area (Å²) in [5.74, 6) is 0. The molecule has 1 aromatic heterocycles. The molecule has 3 heterocycles. The second-order valence-electron chi connectivity index (χ2n) is 24.5. The highest BCUT2D eigenvalue weighted by molar-refractivity contribution is 7.26. The van der Waals surface area contributed by atoms with Crippen LogP contribution in [0.1, 0.15) is 134 Å². The monoisotopic (exact) mass is 892 g/mol. The first kappa shape index (κ1) is 42.8. The quantitative estimate of drug-likeness (QED) is 0.163. The van der Waals surface area contributed by atoms with Crippen LogP contribution in [0.3, 0.4) is 0 Å². The Kier molecular flexibility index (Phi) is 8.94. The number of hydrogen-bond donors (Lipinski definition) is 0. The van der Waals surface area contributed by atoms with Gasteiger partial charge in [0.2, 0.25) is 0 Å². The first-order valence-corrected chi connectivity index (χ1v) is 25.7. The van der Waals surface area contributed by atoms with Crippen LogP contribution in [-0.2, 0) is 27.1 Å². The van der Waals surface area contributed by atoms with Crippen molar-refractivity contribution in [2.75, 3.05) is 9.80 Å². The van der Waals surface area contributed by atoms with Gasteiger partial charge >= 0.3 is 0 Å². The van der Waals surface area contributed by atoms with E-state index >= 15 is 0 Å². The maximum atomic E-state index is 2.73. The normalized spacial score (nSPS) is 18.1. The molecule has 336 valence electrons. The second-order valence-corrected chi connectivity index (χ2v) is 25.6. The van der Waals surface area contributed by atoms with Gasteiger partial charge in [0.05, 0.1) is 5.69 Å². The molecular weight excluding hydrogens is 828 g/mol. The van der Waals surface area contributed by atoms with Gasteiger partial charge in [-0.15, -0.1) is 11.3 Å². The van der Waals surface area contributed by atoms with Gasteiger partial charge in [0, 0.05) is 54.2 Å². The van der Waals surface area contributed by atoms with Gasteiger partial charge in [0.25, 0.3) is 6.71 Å². The van der Waals surface area contributed by atoms with E-state index in [0.717, 1.165) is 6.42 Å². The summed E-state index contributed by atoms with van der Waals surface area (Å²) in [6, 6.07) is 48.2. The van der Waals surface area contributed by atoms with Crippen molar-refractivity contribution in [3.63, 3.8) is 0 Å². The minimum absolute atomic E-state index is 0.0133. The number of anilines is 6. The maximum Gasteiger partial charge on any atom is 0.252 e. The summed E-state index contributed by atoms with van der Waals surface area (Å²) < 4.78 is 2.69. The van der Waals surface area contributed by atoms with Gasteiger partial charge in [0.15, 0.2) is 0 Å². The average Bonchev–Trinajstić information content (AvgIpc) is 3.72. The first-order chi connectivity index (χ1) is 31.6. The molecule has 0 amide bonds. The highest BCUT2D eigenvalue weighted by Gasteiger charge is 2.49. The van der Waals surface area contributed by atoms with Gasteiger partial charge in [-0.2, -0.15) is 0 Å². The summed E-state index contributed by atoms with van der Waals surface area (Å²) in [6.45, 7) is 31.5. The third-order valence-electron chi connectivity index (χ3n) is 16.8. The Labute approximate surface area is 404 Å². The molecule has 0 bridgehead atoms. The number of hydrogen-bond acceptors (Lipinski definition) is 3. The average molecular weight is 893 g/mol. The molecule has 7 aromatic carbocycles. The van der Waals surface area contributed by atoms with Crippen LogP contribution < -0.4 is 26.2 Å². The second kappa shape index (κ2) is 14.0. The van der Waals surface area contributed by atoms with Gasteiger partial charge in [0.1, 0.15) is 0 Å². The van der Waals surface area contributed by atoms with E-state index in [-0.39, 0.29) is 33.8 Å². The largest absolute Gasteiger partial charge is 0.311 e. The standard InChI is InChI=1S/C63H65BN2S/c1-37-27-54-58-55(28-37)66(51-33-46-44(29-38(51)2)60(6,7)25-26-61(46,8)9)53-34-47-45(62(10,11)36-63(47,12)13)32-48(53)64(58)49-35-57-43(41-21-17-18-22-56(41)67-57)31-52(49)65(54)50-24-23-40(59(3,4)5)30-42(50)39-19-15-14-16-20-39/h14-24,27-35H,25-26,36H2,1-13H3. The van der Waals surface area contributed by atoms with Crippen LogP contribution in [0.15, 0.2) is 121 Å². The van der Waals surface area contributed by atoms with E-state index in [2.05, 4.69) is 221 Å². The topological polar surface area (TPSA) is 6.48 Å². The summed E-state index contributed by atoms with van der Waals surface area (Å²) >= 11 is 1.94. The van der Waals surface area contributed by atoms with Gasteiger partial charge in [-0.1, -0.05) is 143 Å². The lowest BCUT2D eigenvalue weighted by atomic mass is 9.33. The van der Waals surface area contributed by atoms with E-state index in [1.165, 1.54) is 134 Å². The number of aryl methyl sites for hydroxylation is 2.